The van der Waals surface area contributed by atoms with Crippen molar-refractivity contribution in [1.82, 2.24) is 14.5 Å². The number of nitrogens with zero attached hydrogens (tertiary/aromatic N) is 3. The number of rotatable bonds is 3. The Bertz CT molecular complexity index is 1140. The Morgan fingerprint density at radius 3 is 2.89 bits per heavy atom. The summed E-state index contributed by atoms with van der Waals surface area (Å²) in [6, 6.07) is 5.22. The Hall–Kier alpha value is -1.89. The number of aryl methyl sites for hydroxylation is 2. The molecule has 3 aromatic rings. The van der Waals surface area contributed by atoms with E-state index in [1.165, 1.54) is 11.3 Å². The van der Waals surface area contributed by atoms with Gasteiger partial charge in [-0.25, -0.2) is 4.98 Å². The van der Waals surface area contributed by atoms with Crippen LogP contribution in [0, 0.1) is 6.92 Å². The number of halogens is 2. The van der Waals surface area contributed by atoms with Gasteiger partial charge in [0.15, 0.2) is 0 Å². The van der Waals surface area contributed by atoms with Crippen LogP contribution in [0.2, 0.25) is 10.0 Å². The molecule has 27 heavy (non-hydrogen) atoms. The smallest absolute Gasteiger partial charge is 0.264 e. The molecule has 1 aliphatic rings. The number of fused-ring (bicyclic) bond motifs is 2. The SMILES string of the molecule is Cc1c(C(=O)N(C)Cc2ccc(Cl)cc2Cl)sc2nc3n(c(=O)c12)CCC3. The van der Waals surface area contributed by atoms with E-state index in [9.17, 15) is 9.59 Å². The summed E-state index contributed by atoms with van der Waals surface area (Å²) in [4.78, 5) is 33.2. The van der Waals surface area contributed by atoms with Gasteiger partial charge in [0.2, 0.25) is 0 Å². The van der Waals surface area contributed by atoms with Gasteiger partial charge in [0, 0.05) is 36.6 Å². The van der Waals surface area contributed by atoms with Crippen LogP contribution in [0.5, 0.6) is 0 Å². The van der Waals surface area contributed by atoms with Gasteiger partial charge < -0.3 is 4.90 Å². The number of aromatic nitrogens is 2. The summed E-state index contributed by atoms with van der Waals surface area (Å²) in [6.45, 7) is 2.87. The van der Waals surface area contributed by atoms with Gasteiger partial charge in [-0.05, 0) is 36.6 Å². The third-order valence-electron chi connectivity index (χ3n) is 4.88. The fraction of sp³-hybridized carbons (Fsp3) is 0.316. The van der Waals surface area contributed by atoms with E-state index in [2.05, 4.69) is 4.98 Å². The van der Waals surface area contributed by atoms with Crippen molar-refractivity contribution < 1.29 is 4.79 Å². The first kappa shape index (κ1) is 18.5. The van der Waals surface area contributed by atoms with Gasteiger partial charge in [-0.15, -0.1) is 11.3 Å². The van der Waals surface area contributed by atoms with E-state index in [0.29, 0.717) is 43.8 Å². The summed E-state index contributed by atoms with van der Waals surface area (Å²) < 4.78 is 1.73. The Kier molecular flexibility index (Phi) is 4.74. The lowest BCUT2D eigenvalue weighted by Gasteiger charge is -2.17. The summed E-state index contributed by atoms with van der Waals surface area (Å²) in [5.41, 5.74) is 1.48. The number of hydrogen-bond donors (Lipinski definition) is 0. The number of amides is 1. The zero-order valence-corrected chi connectivity index (χ0v) is 17.2. The van der Waals surface area contributed by atoms with Crippen molar-refractivity contribution in [1.29, 1.82) is 0 Å². The Balaban J connectivity index is 1.69. The van der Waals surface area contributed by atoms with Crippen LogP contribution in [-0.4, -0.2) is 27.4 Å². The molecule has 0 bridgehead atoms. The third kappa shape index (κ3) is 3.16. The minimum absolute atomic E-state index is 0.0382. The van der Waals surface area contributed by atoms with Crippen molar-refractivity contribution in [3.05, 3.63) is 60.4 Å². The standard InChI is InChI=1S/C19H17Cl2N3O2S/c1-10-15-17(22-14-4-3-7-24(14)18(15)25)27-16(10)19(26)23(2)9-11-5-6-12(20)8-13(11)21/h5-6,8H,3-4,7,9H2,1-2H3. The zero-order chi connectivity index (χ0) is 19.3. The van der Waals surface area contributed by atoms with Crippen molar-refractivity contribution in [2.75, 3.05) is 7.05 Å². The molecule has 0 N–H and O–H groups in total. The number of hydrogen-bond acceptors (Lipinski definition) is 4. The van der Waals surface area contributed by atoms with Crippen LogP contribution >= 0.6 is 34.5 Å². The highest BCUT2D eigenvalue weighted by Gasteiger charge is 2.25. The fourth-order valence-electron chi connectivity index (χ4n) is 3.43. The van der Waals surface area contributed by atoms with Gasteiger partial charge in [0.1, 0.15) is 10.7 Å². The molecule has 2 aromatic heterocycles. The maximum Gasteiger partial charge on any atom is 0.264 e. The van der Waals surface area contributed by atoms with Gasteiger partial charge >= 0.3 is 0 Å². The van der Waals surface area contributed by atoms with Crippen LogP contribution in [0.3, 0.4) is 0 Å². The molecule has 0 spiro atoms. The summed E-state index contributed by atoms with van der Waals surface area (Å²) in [6.07, 6.45) is 1.75. The van der Waals surface area contributed by atoms with E-state index in [1.807, 2.05) is 13.0 Å². The number of thiophene rings is 1. The van der Waals surface area contributed by atoms with E-state index in [0.717, 1.165) is 24.2 Å². The maximum absolute atomic E-state index is 13.0. The average molecular weight is 422 g/mol. The first-order chi connectivity index (χ1) is 12.9. The molecule has 0 saturated carbocycles. The molecule has 0 aliphatic carbocycles. The molecule has 0 fully saturated rings. The van der Waals surface area contributed by atoms with E-state index >= 15 is 0 Å². The lowest BCUT2D eigenvalue weighted by molar-refractivity contribution is 0.0789. The Labute approximate surface area is 170 Å². The molecular weight excluding hydrogens is 405 g/mol. The number of carbonyl (C=O) groups is 1. The quantitative estimate of drug-likeness (QED) is 0.633. The van der Waals surface area contributed by atoms with E-state index in [4.69, 9.17) is 23.2 Å². The molecule has 5 nitrogen and oxygen atoms in total. The largest absolute Gasteiger partial charge is 0.337 e. The molecule has 1 aromatic carbocycles. The van der Waals surface area contributed by atoms with Crippen LogP contribution in [0.15, 0.2) is 23.0 Å². The van der Waals surface area contributed by atoms with Crippen molar-refractivity contribution in [3.63, 3.8) is 0 Å². The number of benzene rings is 1. The molecular formula is C19H17Cl2N3O2S. The summed E-state index contributed by atoms with van der Waals surface area (Å²) >= 11 is 13.4. The number of carbonyl (C=O) groups excluding carboxylic acids is 1. The minimum Gasteiger partial charge on any atom is -0.337 e. The van der Waals surface area contributed by atoms with Crippen molar-refractivity contribution in [2.45, 2.75) is 32.9 Å². The van der Waals surface area contributed by atoms with Crippen LogP contribution in [-0.2, 0) is 19.5 Å². The molecule has 4 rings (SSSR count). The van der Waals surface area contributed by atoms with Gasteiger partial charge in [-0.1, -0.05) is 29.3 Å². The highest BCUT2D eigenvalue weighted by molar-refractivity contribution is 7.20. The molecule has 140 valence electrons. The van der Waals surface area contributed by atoms with Crippen LogP contribution < -0.4 is 5.56 Å². The second-order valence-electron chi connectivity index (χ2n) is 6.72. The van der Waals surface area contributed by atoms with Crippen molar-refractivity contribution >= 4 is 50.7 Å². The molecule has 0 atom stereocenters. The molecule has 1 amide bonds. The van der Waals surface area contributed by atoms with Gasteiger partial charge in [0.25, 0.3) is 11.5 Å². The summed E-state index contributed by atoms with van der Waals surface area (Å²) in [5, 5.41) is 1.64. The second kappa shape index (κ2) is 6.93. The zero-order valence-electron chi connectivity index (χ0n) is 14.9. The average Bonchev–Trinajstić information content (AvgIpc) is 3.22. The lowest BCUT2D eigenvalue weighted by atomic mass is 10.2. The summed E-state index contributed by atoms with van der Waals surface area (Å²) in [5.74, 6) is 0.667. The molecule has 8 heteroatoms. The van der Waals surface area contributed by atoms with Gasteiger partial charge in [0.05, 0.1) is 10.3 Å². The molecule has 0 saturated heterocycles. The third-order valence-corrected chi connectivity index (χ3v) is 6.64. The van der Waals surface area contributed by atoms with Crippen LogP contribution in [0.25, 0.3) is 10.2 Å². The Morgan fingerprint density at radius 2 is 2.15 bits per heavy atom. The molecule has 1 aliphatic heterocycles. The highest BCUT2D eigenvalue weighted by atomic mass is 35.5. The van der Waals surface area contributed by atoms with Crippen LogP contribution in [0.4, 0.5) is 0 Å². The maximum atomic E-state index is 13.0. The molecule has 0 unspecified atom stereocenters. The minimum atomic E-state index is -0.147. The van der Waals surface area contributed by atoms with E-state index in [-0.39, 0.29) is 11.5 Å². The fourth-order valence-corrected chi connectivity index (χ4v) is 5.08. The Morgan fingerprint density at radius 1 is 1.37 bits per heavy atom. The lowest BCUT2D eigenvalue weighted by Crippen LogP contribution is -2.26. The topological polar surface area (TPSA) is 55.2 Å². The highest BCUT2D eigenvalue weighted by Crippen LogP contribution is 2.30. The molecule has 0 radical (unpaired) electrons. The van der Waals surface area contributed by atoms with Crippen molar-refractivity contribution in [3.8, 4) is 0 Å². The second-order valence-corrected chi connectivity index (χ2v) is 8.56. The first-order valence-electron chi connectivity index (χ1n) is 8.59. The van der Waals surface area contributed by atoms with Gasteiger partial charge in [-0.2, -0.15) is 0 Å². The summed E-state index contributed by atoms with van der Waals surface area (Å²) in [7, 11) is 1.72. The predicted molar refractivity (Wildman–Crippen MR) is 109 cm³/mol. The van der Waals surface area contributed by atoms with E-state index < -0.39 is 0 Å². The molecule has 3 heterocycles. The normalized spacial score (nSPS) is 13.2. The predicted octanol–water partition coefficient (Wildman–Crippen LogP) is 4.29. The van der Waals surface area contributed by atoms with Crippen LogP contribution in [0.1, 0.15) is 33.0 Å². The van der Waals surface area contributed by atoms with Gasteiger partial charge in [-0.3, -0.25) is 14.2 Å². The first-order valence-corrected chi connectivity index (χ1v) is 10.2. The van der Waals surface area contributed by atoms with Crippen molar-refractivity contribution in [2.24, 2.45) is 0 Å². The monoisotopic (exact) mass is 421 g/mol. The van der Waals surface area contributed by atoms with E-state index in [1.54, 1.807) is 28.6 Å².